The number of aromatic nitrogens is 4. The van der Waals surface area contributed by atoms with Crippen molar-refractivity contribution in [1.29, 1.82) is 0 Å². The van der Waals surface area contributed by atoms with E-state index in [1.165, 1.54) is 21.5 Å². The maximum Gasteiger partial charge on any atom is 0.393 e. The number of morpholine rings is 1. The summed E-state index contributed by atoms with van der Waals surface area (Å²) < 4.78 is 63.6. The van der Waals surface area contributed by atoms with Crippen molar-refractivity contribution in [2.24, 2.45) is 4.76 Å². The van der Waals surface area contributed by atoms with Gasteiger partial charge in [0, 0.05) is 63.7 Å². The number of aromatic amines is 2. The van der Waals surface area contributed by atoms with E-state index in [0.29, 0.717) is 48.1 Å². The fourth-order valence-corrected chi connectivity index (χ4v) is 10.7. The normalized spacial score (nSPS) is 22.2. The van der Waals surface area contributed by atoms with E-state index in [9.17, 15) is 19.2 Å². The molecule has 19 nitrogen and oxygen atoms in total. The third-order valence-electron chi connectivity index (χ3n) is 12.6. The lowest BCUT2D eigenvalue weighted by molar-refractivity contribution is -0.111. The van der Waals surface area contributed by atoms with Gasteiger partial charge in [-0.05, 0) is 61.2 Å². The Morgan fingerprint density at radius 2 is 1.25 bits per heavy atom. The summed E-state index contributed by atoms with van der Waals surface area (Å²) in [6, 6.07) is 24.8. The molecular weight excluding hydrogens is 884 g/mol. The molecule has 5 heterocycles. The van der Waals surface area contributed by atoms with Gasteiger partial charge in [0.05, 0.1) is 39.6 Å². The summed E-state index contributed by atoms with van der Waals surface area (Å²) in [5.74, 6) is 1.71. The number of nitrogens with zero attached hydrogens (tertiary/aromatic N) is 6. The van der Waals surface area contributed by atoms with Crippen LogP contribution in [0.15, 0.2) is 115 Å². The highest BCUT2D eigenvalue weighted by Crippen LogP contribution is 2.56. The summed E-state index contributed by atoms with van der Waals surface area (Å²) in [7, 11) is 2.58. The number of rotatable bonds is 15. The van der Waals surface area contributed by atoms with Gasteiger partial charge in [0.25, 0.3) is 11.1 Å². The van der Waals surface area contributed by atoms with E-state index in [1.807, 2.05) is 110 Å². The van der Waals surface area contributed by atoms with Crippen molar-refractivity contribution >= 4 is 13.6 Å². The van der Waals surface area contributed by atoms with Gasteiger partial charge in [-0.2, -0.15) is 4.76 Å². The molecule has 20 heteroatoms. The van der Waals surface area contributed by atoms with Crippen LogP contribution in [0.4, 0.5) is 0 Å². The van der Waals surface area contributed by atoms with Gasteiger partial charge in [0.1, 0.15) is 29.4 Å². The first-order valence-electron chi connectivity index (χ1n) is 22.2. The van der Waals surface area contributed by atoms with Crippen LogP contribution in [0.5, 0.6) is 11.5 Å². The summed E-state index contributed by atoms with van der Waals surface area (Å²) in [5.41, 5.74) is -0.879. The molecule has 2 aromatic heterocycles. The largest absolute Gasteiger partial charge is 0.497 e. The first-order valence-corrected chi connectivity index (χ1v) is 23.7. The predicted molar refractivity (Wildman–Crippen MR) is 250 cm³/mol. The van der Waals surface area contributed by atoms with Gasteiger partial charge in [-0.1, -0.05) is 61.5 Å². The summed E-state index contributed by atoms with van der Waals surface area (Å²) in [4.78, 5) is 60.2. The molecule has 0 spiro atoms. The van der Waals surface area contributed by atoms with Gasteiger partial charge in [-0.25, -0.2) is 18.8 Å². The standard InChI is InChI=1S/C47H57N8O11P/c1-8-35-27-53(28-41(64-35)55-26-31(3)43(57)49-46(55)59)67(60,50-44-51(4)22-23-52(44)5)63-29-39-38(24-40(65-39)54-25-30(2)42(56)48-45(54)58)66-47(32-12-10-9-11-13-32,33-14-18-36(61-6)19-15-33)34-16-20-37(62-7)21-17-34/h9-21,25-26,35,38-41H,8,22-24,27-29H2,1-7H3,(H,48,56,58)(H,49,57,59)/t35-,38?,39-,40-,41-,67-/m1/s1. The zero-order chi connectivity index (χ0) is 47.6. The zero-order valence-corrected chi connectivity index (χ0v) is 39.5. The van der Waals surface area contributed by atoms with Crippen LogP contribution in [0.2, 0.25) is 0 Å². The molecule has 0 bridgehead atoms. The van der Waals surface area contributed by atoms with Crippen molar-refractivity contribution in [2.45, 2.75) is 70.0 Å². The third kappa shape index (κ3) is 9.57. The number of nitrogens with one attached hydrogen (secondary N) is 2. The van der Waals surface area contributed by atoms with E-state index in [2.05, 4.69) is 9.97 Å². The van der Waals surface area contributed by atoms with Crippen molar-refractivity contribution in [1.82, 2.24) is 33.6 Å². The van der Waals surface area contributed by atoms with Crippen molar-refractivity contribution in [3.05, 3.63) is 161 Å². The Bertz CT molecular complexity index is 2810. The lowest BCUT2D eigenvalue weighted by Gasteiger charge is -2.41. The molecule has 8 rings (SSSR count). The molecule has 0 amide bonds. The van der Waals surface area contributed by atoms with Crippen molar-refractivity contribution in [2.75, 3.05) is 61.1 Å². The first-order chi connectivity index (χ1) is 32.2. The second-order valence-electron chi connectivity index (χ2n) is 17.0. The maximum absolute atomic E-state index is 15.9. The number of aryl methyl sites for hydroxylation is 2. The molecule has 5 aromatic rings. The fraction of sp³-hybridized carbons (Fsp3) is 0.426. The van der Waals surface area contributed by atoms with Gasteiger partial charge >= 0.3 is 19.0 Å². The third-order valence-corrected chi connectivity index (χ3v) is 14.6. The maximum atomic E-state index is 15.9. The number of ether oxygens (including phenoxy) is 5. The van der Waals surface area contributed by atoms with Gasteiger partial charge in [0.2, 0.25) is 5.96 Å². The van der Waals surface area contributed by atoms with Crippen LogP contribution < -0.4 is 32.0 Å². The topological polar surface area (TPSA) is 204 Å². The molecule has 0 radical (unpaired) electrons. The highest BCUT2D eigenvalue weighted by atomic mass is 31.2. The number of guanidine groups is 1. The van der Waals surface area contributed by atoms with Crippen LogP contribution >= 0.6 is 7.67 Å². The fourth-order valence-electron chi connectivity index (χ4n) is 8.79. The molecule has 3 aliphatic rings. The van der Waals surface area contributed by atoms with Crippen LogP contribution in [-0.4, -0.2) is 119 Å². The molecular formula is C47H57N8O11P. The quantitative estimate of drug-likeness (QED) is 0.111. The minimum absolute atomic E-state index is 0.0877. The Kier molecular flexibility index (Phi) is 13.9. The summed E-state index contributed by atoms with van der Waals surface area (Å²) in [6.45, 7) is 6.06. The average molecular weight is 941 g/mol. The van der Waals surface area contributed by atoms with Crippen molar-refractivity contribution < 1.29 is 32.8 Å². The minimum Gasteiger partial charge on any atom is -0.497 e. The Balaban J connectivity index is 1.24. The Hall–Kier alpha value is -6.08. The second-order valence-corrected chi connectivity index (χ2v) is 19.0. The second kappa shape index (κ2) is 19.6. The Morgan fingerprint density at radius 3 is 1.78 bits per heavy atom. The van der Waals surface area contributed by atoms with E-state index in [0.717, 1.165) is 16.7 Å². The SMILES string of the molecule is CC[C@@H]1CN([P@@](=O)(N=C2N(C)CCN2C)OC[C@H]2O[C@@H](n3cc(C)c(=O)[nH]c3=O)CC2OC(c2ccccc2)(c2ccc(OC)cc2)c2ccc(OC)cc2)C[C@H](n2cc(C)c(=O)[nH]c2=O)O1. The summed E-state index contributed by atoms with van der Waals surface area (Å²) in [6.07, 6.45) is -0.846. The Labute approximate surface area is 387 Å². The van der Waals surface area contributed by atoms with Crippen LogP contribution in [0.3, 0.4) is 0 Å². The first kappa shape index (κ1) is 47.4. The lowest BCUT2D eigenvalue weighted by Crippen LogP contribution is -2.47. The highest BCUT2D eigenvalue weighted by molar-refractivity contribution is 7.55. The van der Waals surface area contributed by atoms with E-state index in [1.54, 1.807) is 32.7 Å². The number of hydrogen-bond donors (Lipinski definition) is 2. The van der Waals surface area contributed by atoms with E-state index in [4.69, 9.17) is 33.0 Å². The molecule has 0 saturated carbocycles. The van der Waals surface area contributed by atoms with E-state index < -0.39 is 66.5 Å². The van der Waals surface area contributed by atoms with E-state index in [-0.39, 0.29) is 26.1 Å². The number of methoxy groups -OCH3 is 2. The van der Waals surface area contributed by atoms with Crippen molar-refractivity contribution in [3.8, 4) is 11.5 Å². The van der Waals surface area contributed by atoms with Gasteiger partial charge in [-0.3, -0.25) is 33.2 Å². The Morgan fingerprint density at radius 1 is 0.731 bits per heavy atom. The van der Waals surface area contributed by atoms with Gasteiger partial charge < -0.3 is 33.5 Å². The smallest absolute Gasteiger partial charge is 0.393 e. The molecule has 6 atom stereocenters. The molecule has 356 valence electrons. The molecule has 3 aromatic carbocycles. The predicted octanol–water partition coefficient (Wildman–Crippen LogP) is 4.35. The van der Waals surface area contributed by atoms with Crippen LogP contribution in [-0.2, 0) is 28.9 Å². The molecule has 3 fully saturated rings. The monoisotopic (exact) mass is 940 g/mol. The molecule has 67 heavy (non-hydrogen) atoms. The lowest BCUT2D eigenvalue weighted by atomic mass is 9.79. The number of likely N-dealkylation sites (N-methyl/N-ethyl adjacent to an activating group) is 2. The number of hydrogen-bond acceptors (Lipinski definition) is 11. The number of H-pyrrole nitrogens is 2. The average Bonchev–Trinajstić information content (AvgIpc) is 3.89. The van der Waals surface area contributed by atoms with E-state index >= 15 is 4.57 Å². The summed E-state index contributed by atoms with van der Waals surface area (Å²) in [5, 5.41) is 0. The zero-order valence-electron chi connectivity index (χ0n) is 38.6. The number of benzene rings is 3. The molecule has 3 aliphatic heterocycles. The van der Waals surface area contributed by atoms with Gasteiger partial charge in [-0.15, -0.1) is 0 Å². The van der Waals surface area contributed by atoms with Crippen LogP contribution in [0.1, 0.15) is 60.0 Å². The molecule has 2 N–H and O–H groups in total. The summed E-state index contributed by atoms with van der Waals surface area (Å²) >= 11 is 0. The van der Waals surface area contributed by atoms with Gasteiger partial charge in [0.15, 0.2) is 6.23 Å². The van der Waals surface area contributed by atoms with Crippen LogP contribution in [0.25, 0.3) is 0 Å². The van der Waals surface area contributed by atoms with Crippen LogP contribution in [0, 0.1) is 13.8 Å². The molecule has 0 aliphatic carbocycles. The minimum atomic E-state index is -4.31. The molecule has 3 saturated heterocycles. The highest BCUT2D eigenvalue weighted by Gasteiger charge is 2.49. The molecule has 1 unspecified atom stereocenters. The van der Waals surface area contributed by atoms with Crippen molar-refractivity contribution in [3.63, 3.8) is 0 Å².